The Labute approximate surface area is 203 Å². The number of benzene rings is 1. The molecule has 0 aliphatic rings. The molecule has 0 fully saturated rings. The van der Waals surface area contributed by atoms with Gasteiger partial charge in [-0.1, -0.05) is 29.3 Å². The van der Waals surface area contributed by atoms with E-state index in [1.54, 1.807) is 43.6 Å². The van der Waals surface area contributed by atoms with E-state index >= 15 is 0 Å². The molecule has 3 aromatic heterocycles. The second-order valence-electron chi connectivity index (χ2n) is 7.22. The zero-order chi connectivity index (χ0) is 23.8. The number of Topliss-reactive ketones (excluding diaryl/α,β-unsaturated/α-hetero) is 1. The Hall–Kier alpha value is -2.72. The molecular weight excluding hydrogens is 505 g/mol. The number of carbonyl (C=O) groups excluding carboxylic acids is 1. The van der Waals surface area contributed by atoms with Crippen LogP contribution in [0.4, 0.5) is 5.69 Å². The third kappa shape index (κ3) is 4.96. The predicted molar refractivity (Wildman–Crippen MR) is 132 cm³/mol. The molecule has 7 nitrogen and oxygen atoms in total. The SMILES string of the molecule is CNc1cc2ccn(-c3ccc(CC(=O)CS(=O)(=O)c4ccc(Cl)s4)cn3)c(=O)c2cc1Cl. The van der Waals surface area contributed by atoms with E-state index in [1.807, 2.05) is 0 Å². The van der Waals surface area contributed by atoms with Crippen LogP contribution in [0.1, 0.15) is 5.56 Å². The highest BCUT2D eigenvalue weighted by Gasteiger charge is 2.21. The maximum Gasteiger partial charge on any atom is 0.264 e. The van der Waals surface area contributed by atoms with Gasteiger partial charge in [-0.25, -0.2) is 13.4 Å². The van der Waals surface area contributed by atoms with Gasteiger partial charge in [0.2, 0.25) is 0 Å². The lowest BCUT2D eigenvalue weighted by atomic mass is 10.1. The third-order valence-electron chi connectivity index (χ3n) is 4.92. The number of hydrogen-bond donors (Lipinski definition) is 1. The van der Waals surface area contributed by atoms with E-state index in [0.29, 0.717) is 26.1 Å². The number of nitrogens with zero attached hydrogens (tertiary/aromatic N) is 2. The predicted octanol–water partition coefficient (Wildman–Crippen LogP) is 4.38. The number of carbonyl (C=O) groups is 1. The van der Waals surface area contributed by atoms with Crippen LogP contribution in [0.5, 0.6) is 0 Å². The van der Waals surface area contributed by atoms with Crippen LogP contribution in [0.25, 0.3) is 16.6 Å². The molecule has 170 valence electrons. The van der Waals surface area contributed by atoms with Crippen molar-refractivity contribution in [2.75, 3.05) is 18.1 Å². The van der Waals surface area contributed by atoms with Crippen LogP contribution in [0.3, 0.4) is 0 Å². The van der Waals surface area contributed by atoms with Crippen LogP contribution in [0, 0.1) is 0 Å². The summed E-state index contributed by atoms with van der Waals surface area (Å²) in [6, 6.07) is 11.3. The largest absolute Gasteiger partial charge is 0.387 e. The molecule has 11 heteroatoms. The minimum atomic E-state index is -3.74. The van der Waals surface area contributed by atoms with E-state index in [1.165, 1.54) is 22.9 Å². The van der Waals surface area contributed by atoms with Gasteiger partial charge in [0, 0.05) is 31.2 Å². The monoisotopic (exact) mass is 521 g/mol. The second kappa shape index (κ2) is 9.26. The van der Waals surface area contributed by atoms with Gasteiger partial charge in [0.15, 0.2) is 15.6 Å². The fourth-order valence-electron chi connectivity index (χ4n) is 3.33. The molecule has 0 radical (unpaired) electrons. The van der Waals surface area contributed by atoms with Crippen LogP contribution in [-0.2, 0) is 21.1 Å². The van der Waals surface area contributed by atoms with E-state index < -0.39 is 21.4 Å². The van der Waals surface area contributed by atoms with Gasteiger partial charge in [-0.2, -0.15) is 0 Å². The van der Waals surface area contributed by atoms with Crippen molar-refractivity contribution in [3.05, 3.63) is 80.1 Å². The van der Waals surface area contributed by atoms with Crippen molar-refractivity contribution in [3.8, 4) is 5.82 Å². The van der Waals surface area contributed by atoms with E-state index in [-0.39, 0.29) is 16.2 Å². The summed E-state index contributed by atoms with van der Waals surface area (Å²) < 4.78 is 26.5. The summed E-state index contributed by atoms with van der Waals surface area (Å²) in [6.07, 6.45) is 2.97. The van der Waals surface area contributed by atoms with Gasteiger partial charge in [0.25, 0.3) is 5.56 Å². The van der Waals surface area contributed by atoms with Crippen LogP contribution >= 0.6 is 34.5 Å². The number of anilines is 1. The number of thiophene rings is 1. The first-order valence-electron chi connectivity index (χ1n) is 9.66. The van der Waals surface area contributed by atoms with Gasteiger partial charge in [-0.15, -0.1) is 11.3 Å². The molecule has 1 aromatic carbocycles. The number of pyridine rings is 2. The number of ketones is 1. The average Bonchev–Trinajstić information content (AvgIpc) is 3.22. The molecule has 0 aliphatic heterocycles. The molecule has 3 heterocycles. The minimum absolute atomic E-state index is 0.0620. The molecule has 0 amide bonds. The highest BCUT2D eigenvalue weighted by atomic mass is 35.5. The number of aromatic nitrogens is 2. The van der Waals surface area contributed by atoms with E-state index in [2.05, 4.69) is 10.3 Å². The molecule has 33 heavy (non-hydrogen) atoms. The number of halogens is 2. The van der Waals surface area contributed by atoms with E-state index in [0.717, 1.165) is 22.4 Å². The Morgan fingerprint density at radius 1 is 1.15 bits per heavy atom. The van der Waals surface area contributed by atoms with Crippen LogP contribution in [0.15, 0.2) is 63.9 Å². The molecule has 0 spiro atoms. The van der Waals surface area contributed by atoms with Crippen LogP contribution in [-0.4, -0.2) is 36.6 Å². The first-order chi connectivity index (χ1) is 15.7. The quantitative estimate of drug-likeness (QED) is 0.387. The fraction of sp³-hybridized carbons (Fsp3) is 0.136. The number of rotatable bonds is 7. The smallest absolute Gasteiger partial charge is 0.264 e. The molecule has 0 saturated carbocycles. The van der Waals surface area contributed by atoms with Crippen molar-refractivity contribution in [1.82, 2.24) is 9.55 Å². The van der Waals surface area contributed by atoms with Gasteiger partial charge < -0.3 is 5.32 Å². The molecular formula is C22H17Cl2N3O4S2. The Morgan fingerprint density at radius 3 is 2.58 bits per heavy atom. The van der Waals surface area contributed by atoms with E-state index in [9.17, 15) is 18.0 Å². The summed E-state index contributed by atoms with van der Waals surface area (Å²) in [4.78, 5) is 29.6. The Morgan fingerprint density at radius 2 is 1.94 bits per heavy atom. The molecule has 0 aliphatic carbocycles. The van der Waals surface area contributed by atoms with E-state index in [4.69, 9.17) is 23.2 Å². The molecule has 4 rings (SSSR count). The second-order valence-corrected chi connectivity index (χ2v) is 11.6. The summed E-state index contributed by atoms with van der Waals surface area (Å²) in [5, 5.41) is 4.59. The molecule has 0 bridgehead atoms. The summed E-state index contributed by atoms with van der Waals surface area (Å²) in [7, 11) is -1.99. The van der Waals surface area contributed by atoms with Crippen molar-refractivity contribution in [2.24, 2.45) is 0 Å². The van der Waals surface area contributed by atoms with Crippen molar-refractivity contribution >= 4 is 66.6 Å². The summed E-state index contributed by atoms with van der Waals surface area (Å²) >= 11 is 12.9. The van der Waals surface area contributed by atoms with Crippen LogP contribution < -0.4 is 10.9 Å². The first kappa shape index (κ1) is 23.4. The lowest BCUT2D eigenvalue weighted by Crippen LogP contribution is -2.19. The highest BCUT2D eigenvalue weighted by molar-refractivity contribution is 7.94. The normalized spacial score (nSPS) is 11.6. The van der Waals surface area contributed by atoms with Crippen molar-refractivity contribution in [3.63, 3.8) is 0 Å². The zero-order valence-corrected chi connectivity index (χ0v) is 20.4. The number of fused-ring (bicyclic) bond motifs is 1. The lowest BCUT2D eigenvalue weighted by molar-refractivity contribution is -0.116. The average molecular weight is 522 g/mol. The summed E-state index contributed by atoms with van der Waals surface area (Å²) in [5.74, 6) is -0.717. The first-order valence-corrected chi connectivity index (χ1v) is 12.9. The van der Waals surface area contributed by atoms with Gasteiger partial charge in [0.05, 0.1) is 15.0 Å². The van der Waals surface area contributed by atoms with Gasteiger partial charge in [-0.05, 0) is 47.3 Å². The standard InChI is InChI=1S/C22H17Cl2N3O4S2/c1-25-18-9-14-6-7-27(22(29)16(14)10-17(18)23)20-4-2-13(11-26-20)8-15(28)12-33(30,31)21-5-3-19(24)32-21/h2-7,9-11,25H,8,12H2,1H3. The van der Waals surface area contributed by atoms with Crippen molar-refractivity contribution in [2.45, 2.75) is 10.6 Å². The summed E-state index contributed by atoms with van der Waals surface area (Å²) in [6.45, 7) is 0. The maximum atomic E-state index is 13.0. The Kier molecular flexibility index (Phi) is 6.58. The Bertz CT molecular complexity index is 1530. The molecule has 0 atom stereocenters. The van der Waals surface area contributed by atoms with Gasteiger partial charge in [0.1, 0.15) is 15.8 Å². The number of hydrogen-bond acceptors (Lipinski definition) is 7. The zero-order valence-electron chi connectivity index (χ0n) is 17.2. The maximum absolute atomic E-state index is 13.0. The summed E-state index contributed by atoms with van der Waals surface area (Å²) in [5.41, 5.74) is 0.977. The number of nitrogens with one attached hydrogen (secondary N) is 1. The molecule has 1 N–H and O–H groups in total. The van der Waals surface area contributed by atoms with Gasteiger partial charge >= 0.3 is 0 Å². The fourth-order valence-corrected chi connectivity index (χ4v) is 6.40. The molecule has 0 unspecified atom stereocenters. The molecule has 4 aromatic rings. The Balaban J connectivity index is 1.54. The third-order valence-corrected chi connectivity index (χ3v) is 8.73. The van der Waals surface area contributed by atoms with Crippen molar-refractivity contribution in [1.29, 1.82) is 0 Å². The minimum Gasteiger partial charge on any atom is -0.387 e. The van der Waals surface area contributed by atoms with Crippen LogP contribution in [0.2, 0.25) is 9.36 Å². The lowest BCUT2D eigenvalue weighted by Gasteiger charge is -2.10. The topological polar surface area (TPSA) is 98.1 Å². The molecule has 0 saturated heterocycles. The van der Waals surface area contributed by atoms with Gasteiger partial charge in [-0.3, -0.25) is 14.2 Å². The van der Waals surface area contributed by atoms with Crippen molar-refractivity contribution < 1.29 is 13.2 Å². The highest BCUT2D eigenvalue weighted by Crippen LogP contribution is 2.27. The number of sulfone groups is 1.